The highest BCUT2D eigenvalue weighted by Gasteiger charge is 2.14. The lowest BCUT2D eigenvalue weighted by Gasteiger charge is -2.20. The van der Waals surface area contributed by atoms with Crippen molar-refractivity contribution >= 4 is 10.9 Å². The summed E-state index contributed by atoms with van der Waals surface area (Å²) in [4.78, 5) is 4.48. The van der Waals surface area contributed by atoms with Gasteiger partial charge in [-0.2, -0.15) is 0 Å². The van der Waals surface area contributed by atoms with E-state index in [0.717, 1.165) is 29.5 Å². The zero-order valence-corrected chi connectivity index (χ0v) is 11.5. The molecule has 0 amide bonds. The molecule has 2 rings (SSSR count). The summed E-state index contributed by atoms with van der Waals surface area (Å²) in [6.07, 6.45) is 2.82. The Kier molecular flexibility index (Phi) is 4.85. The van der Waals surface area contributed by atoms with Crippen molar-refractivity contribution < 1.29 is 4.74 Å². The van der Waals surface area contributed by atoms with E-state index in [0.29, 0.717) is 5.92 Å². The summed E-state index contributed by atoms with van der Waals surface area (Å²) in [5.74, 6) is 6.12. The molecular weight excluding hydrogens is 238 g/mol. The van der Waals surface area contributed by atoms with Gasteiger partial charge < -0.3 is 4.74 Å². The summed E-state index contributed by atoms with van der Waals surface area (Å²) < 4.78 is 5.17. The second-order valence-electron chi connectivity index (χ2n) is 4.98. The molecule has 4 heteroatoms. The van der Waals surface area contributed by atoms with Gasteiger partial charge in [0, 0.05) is 31.3 Å². The van der Waals surface area contributed by atoms with E-state index in [1.807, 2.05) is 24.4 Å². The maximum atomic E-state index is 5.67. The van der Waals surface area contributed by atoms with E-state index >= 15 is 0 Å². The minimum atomic E-state index is 0.0993. The number of benzene rings is 1. The fourth-order valence-electron chi connectivity index (χ4n) is 2.33. The van der Waals surface area contributed by atoms with Crippen molar-refractivity contribution in [2.75, 3.05) is 13.7 Å². The van der Waals surface area contributed by atoms with Gasteiger partial charge in [0.1, 0.15) is 0 Å². The molecule has 2 aromatic rings. The molecule has 0 saturated heterocycles. The first-order valence-corrected chi connectivity index (χ1v) is 6.54. The lowest BCUT2D eigenvalue weighted by Crippen LogP contribution is -2.30. The number of nitrogens with one attached hydrogen (secondary N) is 1. The molecule has 4 nitrogen and oxygen atoms in total. The summed E-state index contributed by atoms with van der Waals surface area (Å²) in [6, 6.07) is 10.3. The summed E-state index contributed by atoms with van der Waals surface area (Å²) in [5.41, 5.74) is 5.00. The molecule has 0 bridgehead atoms. The van der Waals surface area contributed by atoms with Crippen LogP contribution < -0.4 is 11.3 Å². The van der Waals surface area contributed by atoms with Crippen LogP contribution in [0.2, 0.25) is 0 Å². The fraction of sp³-hybridized carbons (Fsp3) is 0.400. The van der Waals surface area contributed by atoms with Gasteiger partial charge in [0.25, 0.3) is 0 Å². The zero-order chi connectivity index (χ0) is 13.7. The molecule has 19 heavy (non-hydrogen) atoms. The molecule has 1 aromatic heterocycles. The summed E-state index contributed by atoms with van der Waals surface area (Å²) in [7, 11) is 1.72. The van der Waals surface area contributed by atoms with Gasteiger partial charge in [-0.1, -0.05) is 25.1 Å². The van der Waals surface area contributed by atoms with E-state index in [2.05, 4.69) is 29.5 Å². The van der Waals surface area contributed by atoms with E-state index in [9.17, 15) is 0 Å². The average Bonchev–Trinajstić information content (AvgIpc) is 2.44. The number of hydrogen-bond donors (Lipinski definition) is 2. The van der Waals surface area contributed by atoms with Crippen LogP contribution in [-0.2, 0) is 4.74 Å². The average molecular weight is 259 g/mol. The minimum absolute atomic E-state index is 0.0993. The SMILES string of the molecule is COCC(C)CC(NN)c1cnc2ccccc2c1. The number of nitrogens with two attached hydrogens (primary N) is 1. The van der Waals surface area contributed by atoms with Crippen LogP contribution >= 0.6 is 0 Å². The van der Waals surface area contributed by atoms with Crippen molar-refractivity contribution in [1.82, 2.24) is 10.4 Å². The topological polar surface area (TPSA) is 60.2 Å². The van der Waals surface area contributed by atoms with Gasteiger partial charge in [-0.3, -0.25) is 16.3 Å². The fourth-order valence-corrected chi connectivity index (χ4v) is 2.33. The van der Waals surface area contributed by atoms with Crippen LogP contribution in [0.3, 0.4) is 0 Å². The van der Waals surface area contributed by atoms with Crippen LogP contribution in [0.4, 0.5) is 0 Å². The number of para-hydroxylation sites is 1. The molecule has 2 atom stereocenters. The molecular formula is C15H21N3O. The van der Waals surface area contributed by atoms with Gasteiger partial charge >= 0.3 is 0 Å². The molecule has 0 aliphatic rings. The van der Waals surface area contributed by atoms with Crippen molar-refractivity contribution in [2.24, 2.45) is 11.8 Å². The van der Waals surface area contributed by atoms with Crippen molar-refractivity contribution in [3.05, 3.63) is 42.1 Å². The molecule has 2 unspecified atom stereocenters. The molecule has 0 spiro atoms. The normalized spacial score (nSPS) is 14.5. The predicted molar refractivity (Wildman–Crippen MR) is 77.5 cm³/mol. The van der Waals surface area contributed by atoms with Crippen LogP contribution in [0.1, 0.15) is 24.9 Å². The number of rotatable bonds is 6. The molecule has 102 valence electrons. The van der Waals surface area contributed by atoms with E-state index in [-0.39, 0.29) is 6.04 Å². The number of hydrogen-bond acceptors (Lipinski definition) is 4. The first kappa shape index (κ1) is 13.9. The van der Waals surface area contributed by atoms with Crippen molar-refractivity contribution in [3.63, 3.8) is 0 Å². The number of methoxy groups -OCH3 is 1. The van der Waals surface area contributed by atoms with E-state index in [4.69, 9.17) is 10.6 Å². The maximum absolute atomic E-state index is 5.67. The van der Waals surface area contributed by atoms with Gasteiger partial charge in [-0.25, -0.2) is 0 Å². The second-order valence-corrected chi connectivity index (χ2v) is 4.98. The Morgan fingerprint density at radius 1 is 1.37 bits per heavy atom. The maximum Gasteiger partial charge on any atom is 0.0702 e. The lowest BCUT2D eigenvalue weighted by molar-refractivity contribution is 0.149. The number of fused-ring (bicyclic) bond motifs is 1. The van der Waals surface area contributed by atoms with Crippen LogP contribution in [0.5, 0.6) is 0 Å². The molecule has 1 aromatic carbocycles. The molecule has 0 aliphatic heterocycles. The Labute approximate surface area is 113 Å². The monoisotopic (exact) mass is 259 g/mol. The van der Waals surface area contributed by atoms with Crippen molar-refractivity contribution in [1.29, 1.82) is 0 Å². The van der Waals surface area contributed by atoms with Crippen molar-refractivity contribution in [2.45, 2.75) is 19.4 Å². The largest absolute Gasteiger partial charge is 0.384 e. The van der Waals surface area contributed by atoms with Crippen LogP contribution in [-0.4, -0.2) is 18.7 Å². The van der Waals surface area contributed by atoms with Gasteiger partial charge in [0.2, 0.25) is 0 Å². The highest BCUT2D eigenvalue weighted by Crippen LogP contribution is 2.23. The standard InChI is InChI=1S/C15H21N3O/c1-11(10-19-2)7-15(18-16)13-8-12-5-3-4-6-14(12)17-9-13/h3-6,8-9,11,15,18H,7,10,16H2,1-2H3. The number of aromatic nitrogens is 1. The minimum Gasteiger partial charge on any atom is -0.384 e. The Hall–Kier alpha value is -1.49. The third kappa shape index (κ3) is 3.50. The Balaban J connectivity index is 2.20. The van der Waals surface area contributed by atoms with E-state index in [1.165, 1.54) is 0 Å². The number of nitrogens with zero attached hydrogens (tertiary/aromatic N) is 1. The van der Waals surface area contributed by atoms with Gasteiger partial charge in [0.05, 0.1) is 5.52 Å². The molecule has 1 heterocycles. The number of ether oxygens (including phenoxy) is 1. The molecule has 0 radical (unpaired) electrons. The van der Waals surface area contributed by atoms with Crippen LogP contribution in [0.25, 0.3) is 10.9 Å². The van der Waals surface area contributed by atoms with Crippen LogP contribution in [0.15, 0.2) is 36.5 Å². The van der Waals surface area contributed by atoms with Crippen LogP contribution in [0, 0.1) is 5.92 Å². The summed E-state index contributed by atoms with van der Waals surface area (Å²) in [6.45, 7) is 2.89. The highest BCUT2D eigenvalue weighted by molar-refractivity contribution is 5.78. The van der Waals surface area contributed by atoms with Gasteiger partial charge in [-0.15, -0.1) is 0 Å². The summed E-state index contributed by atoms with van der Waals surface area (Å²) >= 11 is 0. The molecule has 3 N–H and O–H groups in total. The van der Waals surface area contributed by atoms with E-state index < -0.39 is 0 Å². The number of pyridine rings is 1. The third-order valence-corrected chi connectivity index (χ3v) is 3.30. The molecule has 0 saturated carbocycles. The predicted octanol–water partition coefficient (Wildman–Crippen LogP) is 2.41. The molecule has 0 aliphatic carbocycles. The zero-order valence-electron chi connectivity index (χ0n) is 11.5. The van der Waals surface area contributed by atoms with Crippen molar-refractivity contribution in [3.8, 4) is 0 Å². The van der Waals surface area contributed by atoms with Gasteiger partial charge in [-0.05, 0) is 30.0 Å². The Bertz CT molecular complexity index is 530. The Morgan fingerprint density at radius 2 is 2.16 bits per heavy atom. The summed E-state index contributed by atoms with van der Waals surface area (Å²) in [5, 5.41) is 1.14. The highest BCUT2D eigenvalue weighted by atomic mass is 16.5. The number of hydrazine groups is 1. The molecule has 0 fully saturated rings. The smallest absolute Gasteiger partial charge is 0.0702 e. The Morgan fingerprint density at radius 3 is 2.89 bits per heavy atom. The van der Waals surface area contributed by atoms with Gasteiger partial charge in [0.15, 0.2) is 0 Å². The lowest BCUT2D eigenvalue weighted by atomic mass is 9.97. The quantitative estimate of drug-likeness (QED) is 0.618. The third-order valence-electron chi connectivity index (χ3n) is 3.30. The first-order chi connectivity index (χ1) is 9.24. The first-order valence-electron chi connectivity index (χ1n) is 6.54. The van der Waals surface area contributed by atoms with E-state index in [1.54, 1.807) is 7.11 Å². The second kappa shape index (κ2) is 6.61.